The number of nitrogens with one attached hydrogen (secondary N) is 2. The van der Waals surface area contributed by atoms with Crippen molar-refractivity contribution in [2.24, 2.45) is 0 Å². The van der Waals surface area contributed by atoms with Gasteiger partial charge in [0.1, 0.15) is 12.1 Å². The van der Waals surface area contributed by atoms with Crippen LogP contribution in [0.3, 0.4) is 0 Å². The quantitative estimate of drug-likeness (QED) is 0.785. The maximum atomic E-state index is 12.3. The predicted molar refractivity (Wildman–Crippen MR) is 91.0 cm³/mol. The minimum Gasteiger partial charge on any atom is -0.463 e. The number of anilines is 1. The van der Waals surface area contributed by atoms with Crippen LogP contribution in [0.5, 0.6) is 0 Å². The molecule has 2 aliphatic heterocycles. The molecule has 138 valence electrons. The number of piperidine rings is 1. The zero-order valence-electron chi connectivity index (χ0n) is 14.8. The van der Waals surface area contributed by atoms with E-state index in [1.807, 2.05) is 11.0 Å². The number of rotatable bonds is 4. The second-order valence-electron chi connectivity index (χ2n) is 6.16. The number of allylic oxidation sites excluding steroid dienone is 1. The molecule has 0 bridgehead atoms. The zero-order chi connectivity index (χ0) is 18.7. The molecule has 1 aromatic rings. The van der Waals surface area contributed by atoms with Gasteiger partial charge in [0.05, 0.1) is 12.2 Å². The molecule has 0 spiro atoms. The molecule has 2 N–H and O–H groups in total. The van der Waals surface area contributed by atoms with Crippen LogP contribution in [0.4, 0.5) is 10.7 Å². The van der Waals surface area contributed by atoms with Gasteiger partial charge in [-0.3, -0.25) is 0 Å². The Morgan fingerprint density at radius 2 is 2.15 bits per heavy atom. The van der Waals surface area contributed by atoms with Crippen LogP contribution in [0.25, 0.3) is 0 Å². The summed E-state index contributed by atoms with van der Waals surface area (Å²) < 4.78 is 10.9. The molecule has 1 saturated heterocycles. The van der Waals surface area contributed by atoms with E-state index in [2.05, 4.69) is 15.6 Å². The number of amides is 2. The molecule has 3 heterocycles. The molecule has 1 fully saturated rings. The van der Waals surface area contributed by atoms with Crippen molar-refractivity contribution in [3.8, 4) is 6.07 Å². The summed E-state index contributed by atoms with van der Waals surface area (Å²) >= 11 is 0. The first-order valence-electron chi connectivity index (χ1n) is 8.66. The summed E-state index contributed by atoms with van der Waals surface area (Å²) in [5.74, 6) is -0.0889. The number of nitrogens with zero attached hydrogens (tertiary/aromatic N) is 3. The van der Waals surface area contributed by atoms with Crippen LogP contribution < -0.4 is 15.5 Å². The lowest BCUT2D eigenvalue weighted by atomic mass is 10.0. The lowest BCUT2D eigenvalue weighted by Gasteiger charge is -2.27. The normalized spacial score (nSPS) is 20.3. The average molecular weight is 359 g/mol. The number of aromatic nitrogens is 1. The van der Waals surface area contributed by atoms with Crippen LogP contribution in [0.15, 0.2) is 15.7 Å². The molecule has 0 saturated carbocycles. The molecule has 9 nitrogen and oxygen atoms in total. The SMILES string of the molecule is CCOC(=O)C1=C(C)NC(=O)NC1c1nc(C#N)c(N2CCCCC2)o1. The van der Waals surface area contributed by atoms with E-state index in [1.54, 1.807) is 13.8 Å². The summed E-state index contributed by atoms with van der Waals surface area (Å²) in [6.45, 7) is 5.07. The Morgan fingerprint density at radius 3 is 2.81 bits per heavy atom. The second-order valence-corrected chi connectivity index (χ2v) is 6.16. The Bertz CT molecular complexity index is 786. The summed E-state index contributed by atoms with van der Waals surface area (Å²) in [6.07, 6.45) is 3.16. The Hall–Kier alpha value is -3.02. The van der Waals surface area contributed by atoms with Crippen molar-refractivity contribution < 1.29 is 18.7 Å². The Labute approximate surface area is 151 Å². The van der Waals surface area contributed by atoms with Crippen molar-refractivity contribution >= 4 is 17.9 Å². The first kappa shape index (κ1) is 17.8. The highest BCUT2D eigenvalue weighted by atomic mass is 16.5. The summed E-state index contributed by atoms with van der Waals surface area (Å²) in [4.78, 5) is 30.4. The molecule has 26 heavy (non-hydrogen) atoms. The van der Waals surface area contributed by atoms with Gasteiger partial charge in [0.15, 0.2) is 0 Å². The van der Waals surface area contributed by atoms with Crippen LogP contribution >= 0.6 is 0 Å². The van der Waals surface area contributed by atoms with Gasteiger partial charge >= 0.3 is 12.0 Å². The fraction of sp³-hybridized carbons (Fsp3) is 0.529. The smallest absolute Gasteiger partial charge is 0.338 e. The minimum atomic E-state index is -0.909. The molecule has 2 aliphatic rings. The molecule has 2 amide bonds. The van der Waals surface area contributed by atoms with E-state index in [4.69, 9.17) is 9.15 Å². The van der Waals surface area contributed by atoms with Gasteiger partial charge in [-0.2, -0.15) is 10.2 Å². The predicted octanol–water partition coefficient (Wildman–Crippen LogP) is 1.73. The van der Waals surface area contributed by atoms with Crippen molar-refractivity contribution in [2.45, 2.75) is 39.2 Å². The minimum absolute atomic E-state index is 0.0966. The summed E-state index contributed by atoms with van der Waals surface area (Å²) in [7, 11) is 0. The number of esters is 1. The topological polar surface area (TPSA) is 120 Å². The number of urea groups is 1. The average Bonchev–Trinajstić information content (AvgIpc) is 3.06. The molecular formula is C17H21N5O4. The molecule has 0 radical (unpaired) electrons. The van der Waals surface area contributed by atoms with Crippen LogP contribution in [-0.2, 0) is 9.53 Å². The van der Waals surface area contributed by atoms with Crippen LogP contribution in [0.2, 0.25) is 0 Å². The van der Waals surface area contributed by atoms with E-state index < -0.39 is 18.0 Å². The van der Waals surface area contributed by atoms with E-state index in [1.165, 1.54) is 0 Å². The maximum absolute atomic E-state index is 12.3. The molecule has 0 aliphatic carbocycles. The van der Waals surface area contributed by atoms with Gasteiger partial charge in [0.25, 0.3) is 0 Å². The van der Waals surface area contributed by atoms with E-state index in [9.17, 15) is 14.9 Å². The molecular weight excluding hydrogens is 338 g/mol. The lowest BCUT2D eigenvalue weighted by Crippen LogP contribution is -2.45. The van der Waals surface area contributed by atoms with Crippen LogP contribution in [0.1, 0.15) is 50.7 Å². The molecule has 1 unspecified atom stereocenters. The van der Waals surface area contributed by atoms with Gasteiger partial charge in [-0.25, -0.2) is 9.59 Å². The van der Waals surface area contributed by atoms with Gasteiger partial charge < -0.3 is 24.7 Å². The van der Waals surface area contributed by atoms with E-state index in [0.717, 1.165) is 32.4 Å². The van der Waals surface area contributed by atoms with E-state index in [-0.39, 0.29) is 23.8 Å². The number of oxazole rings is 1. The standard InChI is InChI=1S/C17H21N5O4/c1-3-25-16(23)12-10(2)19-17(24)21-13(12)14-20-11(9-18)15(26-14)22-7-5-4-6-8-22/h13H,3-8H2,1-2H3,(H2,19,21,24). The molecule has 9 heteroatoms. The van der Waals surface area contributed by atoms with Crippen LogP contribution in [0, 0.1) is 11.3 Å². The van der Waals surface area contributed by atoms with Gasteiger partial charge in [-0.1, -0.05) is 0 Å². The Morgan fingerprint density at radius 1 is 1.42 bits per heavy atom. The van der Waals surface area contributed by atoms with Crippen molar-refractivity contribution in [1.29, 1.82) is 5.26 Å². The number of carbonyl (C=O) groups is 2. The van der Waals surface area contributed by atoms with Crippen molar-refractivity contribution in [3.63, 3.8) is 0 Å². The number of nitriles is 1. The number of hydrogen-bond donors (Lipinski definition) is 2. The third-order valence-electron chi connectivity index (χ3n) is 4.39. The molecule has 1 aromatic heterocycles. The fourth-order valence-corrected chi connectivity index (χ4v) is 3.19. The highest BCUT2D eigenvalue weighted by Crippen LogP contribution is 2.32. The molecule has 3 rings (SSSR count). The highest BCUT2D eigenvalue weighted by Gasteiger charge is 2.36. The largest absolute Gasteiger partial charge is 0.463 e. The molecule has 1 atom stereocenters. The van der Waals surface area contributed by atoms with Gasteiger partial charge in [0, 0.05) is 18.8 Å². The summed E-state index contributed by atoms with van der Waals surface area (Å²) in [6, 6.07) is 0.653. The third-order valence-corrected chi connectivity index (χ3v) is 4.39. The van der Waals surface area contributed by atoms with E-state index >= 15 is 0 Å². The van der Waals surface area contributed by atoms with Gasteiger partial charge in [-0.05, 0) is 33.1 Å². The first-order valence-corrected chi connectivity index (χ1v) is 8.66. The van der Waals surface area contributed by atoms with Crippen molar-refractivity contribution in [2.75, 3.05) is 24.6 Å². The molecule has 0 aromatic carbocycles. The van der Waals surface area contributed by atoms with Gasteiger partial charge in [-0.15, -0.1) is 0 Å². The zero-order valence-corrected chi connectivity index (χ0v) is 14.8. The number of hydrogen-bond acceptors (Lipinski definition) is 7. The Kier molecular flexibility index (Phi) is 5.11. The first-order chi connectivity index (χ1) is 12.5. The monoisotopic (exact) mass is 359 g/mol. The van der Waals surface area contributed by atoms with Crippen molar-refractivity contribution in [3.05, 3.63) is 22.9 Å². The number of ether oxygens (including phenoxy) is 1. The second kappa shape index (κ2) is 7.47. The fourth-order valence-electron chi connectivity index (χ4n) is 3.19. The van der Waals surface area contributed by atoms with Gasteiger partial charge in [0.2, 0.25) is 17.5 Å². The summed E-state index contributed by atoms with van der Waals surface area (Å²) in [5, 5.41) is 14.6. The van der Waals surface area contributed by atoms with E-state index in [0.29, 0.717) is 11.6 Å². The summed E-state index contributed by atoms with van der Waals surface area (Å²) in [5.41, 5.74) is 0.728. The van der Waals surface area contributed by atoms with Crippen LogP contribution in [-0.4, -0.2) is 36.7 Å². The Balaban J connectivity index is 1.99. The lowest BCUT2D eigenvalue weighted by molar-refractivity contribution is -0.139. The number of carbonyl (C=O) groups excluding carboxylic acids is 2. The van der Waals surface area contributed by atoms with Crippen molar-refractivity contribution in [1.82, 2.24) is 15.6 Å². The maximum Gasteiger partial charge on any atom is 0.338 e. The third kappa shape index (κ3) is 3.35. The highest BCUT2D eigenvalue weighted by molar-refractivity contribution is 5.94.